The van der Waals surface area contributed by atoms with E-state index in [0.29, 0.717) is 18.9 Å². The van der Waals surface area contributed by atoms with Crippen molar-refractivity contribution in [2.75, 3.05) is 6.61 Å². The first-order valence-electron chi connectivity index (χ1n) is 6.45. The van der Waals surface area contributed by atoms with Crippen LogP contribution in [0.5, 0.6) is 0 Å². The standard InChI is InChI=1S/C13H26O3Si/c1-10-7-11(16-12(14)8-10)9-15-17(5,6)13(2,3)4/h10-11H,7-9H2,1-6H3/t10-,11-/m0/s1. The van der Waals surface area contributed by atoms with Gasteiger partial charge < -0.3 is 9.16 Å². The Bertz CT molecular complexity index is 281. The molecule has 4 heteroatoms. The molecule has 1 heterocycles. The van der Waals surface area contributed by atoms with Gasteiger partial charge in [-0.05, 0) is 30.5 Å². The molecule has 1 aliphatic heterocycles. The molecule has 0 spiro atoms. The van der Waals surface area contributed by atoms with Gasteiger partial charge >= 0.3 is 5.97 Å². The van der Waals surface area contributed by atoms with Crippen LogP contribution in [0.4, 0.5) is 0 Å². The van der Waals surface area contributed by atoms with Crippen LogP contribution >= 0.6 is 0 Å². The van der Waals surface area contributed by atoms with Crippen molar-refractivity contribution in [3.05, 3.63) is 0 Å². The van der Waals surface area contributed by atoms with Crippen molar-refractivity contribution >= 4 is 14.3 Å². The number of ether oxygens (including phenoxy) is 1. The van der Waals surface area contributed by atoms with E-state index in [1.54, 1.807) is 0 Å². The van der Waals surface area contributed by atoms with E-state index in [9.17, 15) is 4.79 Å². The molecule has 100 valence electrons. The van der Waals surface area contributed by atoms with Gasteiger partial charge in [-0.25, -0.2) is 0 Å². The molecule has 0 aromatic carbocycles. The van der Waals surface area contributed by atoms with Crippen LogP contribution in [-0.4, -0.2) is 27.0 Å². The molecule has 1 saturated heterocycles. The number of cyclic esters (lactones) is 1. The Kier molecular flexibility index (Phi) is 4.41. The molecule has 0 bridgehead atoms. The summed E-state index contributed by atoms with van der Waals surface area (Å²) in [6, 6.07) is 0. The lowest BCUT2D eigenvalue weighted by Crippen LogP contribution is -2.44. The van der Waals surface area contributed by atoms with Crippen LogP contribution in [0.1, 0.15) is 40.5 Å². The Hall–Kier alpha value is -0.353. The zero-order valence-electron chi connectivity index (χ0n) is 12.0. The topological polar surface area (TPSA) is 35.5 Å². The SMILES string of the molecule is C[C@@H]1CC(=O)O[C@H](CO[Si](C)(C)C(C)(C)C)C1. The van der Waals surface area contributed by atoms with Gasteiger partial charge in [-0.3, -0.25) is 4.79 Å². The molecule has 0 amide bonds. The maximum Gasteiger partial charge on any atom is 0.306 e. The van der Waals surface area contributed by atoms with Crippen molar-refractivity contribution in [2.24, 2.45) is 5.92 Å². The van der Waals surface area contributed by atoms with Crippen LogP contribution in [0.2, 0.25) is 18.1 Å². The smallest absolute Gasteiger partial charge is 0.306 e. The fraction of sp³-hybridized carbons (Fsp3) is 0.923. The summed E-state index contributed by atoms with van der Waals surface area (Å²) >= 11 is 0. The molecule has 2 atom stereocenters. The second-order valence-corrected chi connectivity index (χ2v) is 11.5. The van der Waals surface area contributed by atoms with Gasteiger partial charge in [0, 0.05) is 6.42 Å². The fourth-order valence-electron chi connectivity index (χ4n) is 1.72. The largest absolute Gasteiger partial charge is 0.460 e. The van der Waals surface area contributed by atoms with Crippen molar-refractivity contribution in [2.45, 2.75) is 64.8 Å². The predicted molar refractivity (Wildman–Crippen MR) is 71.4 cm³/mol. The molecule has 0 aromatic heterocycles. The number of carbonyl (C=O) groups is 1. The van der Waals surface area contributed by atoms with Crippen molar-refractivity contribution in [1.29, 1.82) is 0 Å². The highest BCUT2D eigenvalue weighted by atomic mass is 28.4. The molecular formula is C13H26O3Si. The third-order valence-corrected chi connectivity index (χ3v) is 8.42. The van der Waals surface area contributed by atoms with Crippen molar-refractivity contribution in [1.82, 2.24) is 0 Å². The average Bonchev–Trinajstić information content (AvgIpc) is 2.11. The molecule has 17 heavy (non-hydrogen) atoms. The average molecular weight is 258 g/mol. The van der Waals surface area contributed by atoms with E-state index < -0.39 is 8.32 Å². The summed E-state index contributed by atoms with van der Waals surface area (Å²) in [5.41, 5.74) is 0. The maximum absolute atomic E-state index is 11.3. The Morgan fingerprint density at radius 3 is 2.47 bits per heavy atom. The van der Waals surface area contributed by atoms with Gasteiger partial charge in [-0.2, -0.15) is 0 Å². The van der Waals surface area contributed by atoms with Crippen LogP contribution in [0.25, 0.3) is 0 Å². The predicted octanol–water partition coefficient (Wildman–Crippen LogP) is 3.35. The Morgan fingerprint density at radius 1 is 1.41 bits per heavy atom. The molecule has 1 fully saturated rings. The lowest BCUT2D eigenvalue weighted by atomic mass is 9.98. The summed E-state index contributed by atoms with van der Waals surface area (Å²) in [6.45, 7) is 13.8. The first kappa shape index (κ1) is 14.7. The molecule has 0 aliphatic carbocycles. The minimum atomic E-state index is -1.72. The number of hydrogen-bond acceptors (Lipinski definition) is 3. The van der Waals surface area contributed by atoms with Crippen LogP contribution in [-0.2, 0) is 14.0 Å². The van der Waals surface area contributed by atoms with Gasteiger partial charge in [-0.1, -0.05) is 27.7 Å². The molecular weight excluding hydrogens is 232 g/mol. The summed E-state index contributed by atoms with van der Waals surface area (Å²) < 4.78 is 11.4. The third kappa shape index (κ3) is 4.10. The van der Waals surface area contributed by atoms with Gasteiger partial charge in [0.15, 0.2) is 8.32 Å². The van der Waals surface area contributed by atoms with E-state index in [0.717, 1.165) is 6.42 Å². The lowest BCUT2D eigenvalue weighted by Gasteiger charge is -2.38. The van der Waals surface area contributed by atoms with Crippen LogP contribution in [0.3, 0.4) is 0 Å². The van der Waals surface area contributed by atoms with Gasteiger partial charge in [0.05, 0.1) is 6.61 Å². The van der Waals surface area contributed by atoms with Crippen LogP contribution in [0.15, 0.2) is 0 Å². The molecule has 1 rings (SSSR count). The highest BCUT2D eigenvalue weighted by Crippen LogP contribution is 2.37. The van der Waals surface area contributed by atoms with Crippen molar-refractivity contribution in [3.63, 3.8) is 0 Å². The summed E-state index contributed by atoms with van der Waals surface area (Å²) in [7, 11) is -1.72. The Morgan fingerprint density at radius 2 is 2.00 bits per heavy atom. The minimum absolute atomic E-state index is 0.0413. The van der Waals surface area contributed by atoms with E-state index in [4.69, 9.17) is 9.16 Å². The van der Waals surface area contributed by atoms with Gasteiger partial charge in [0.2, 0.25) is 0 Å². The fourth-order valence-corrected chi connectivity index (χ4v) is 2.75. The number of hydrogen-bond donors (Lipinski definition) is 0. The summed E-state index contributed by atoms with van der Waals surface area (Å²) in [4.78, 5) is 11.3. The minimum Gasteiger partial charge on any atom is -0.460 e. The van der Waals surface area contributed by atoms with Gasteiger partial charge in [0.1, 0.15) is 6.10 Å². The molecule has 0 N–H and O–H groups in total. The van der Waals surface area contributed by atoms with Crippen LogP contribution < -0.4 is 0 Å². The van der Waals surface area contributed by atoms with Gasteiger partial charge in [0.25, 0.3) is 0 Å². The third-order valence-electron chi connectivity index (χ3n) is 3.91. The van der Waals surface area contributed by atoms with E-state index >= 15 is 0 Å². The van der Waals surface area contributed by atoms with E-state index in [1.807, 2.05) is 0 Å². The zero-order chi connectivity index (χ0) is 13.3. The highest BCUT2D eigenvalue weighted by molar-refractivity contribution is 6.74. The molecule has 1 aliphatic rings. The lowest BCUT2D eigenvalue weighted by molar-refractivity contribution is -0.158. The first-order chi connectivity index (χ1) is 7.62. The van der Waals surface area contributed by atoms with Crippen LogP contribution in [0, 0.1) is 5.92 Å². The summed E-state index contributed by atoms with van der Waals surface area (Å²) in [5, 5.41) is 0.206. The first-order valence-corrected chi connectivity index (χ1v) is 9.36. The monoisotopic (exact) mass is 258 g/mol. The second-order valence-electron chi connectivity index (χ2n) is 6.73. The number of carbonyl (C=O) groups excluding carboxylic acids is 1. The summed E-state index contributed by atoms with van der Waals surface area (Å²) in [6.07, 6.45) is 1.44. The Balaban J connectivity index is 2.48. The quantitative estimate of drug-likeness (QED) is 0.575. The normalized spacial score (nSPS) is 26.8. The maximum atomic E-state index is 11.3. The molecule has 0 saturated carbocycles. The zero-order valence-corrected chi connectivity index (χ0v) is 13.0. The highest BCUT2D eigenvalue weighted by Gasteiger charge is 2.38. The van der Waals surface area contributed by atoms with E-state index in [1.165, 1.54) is 0 Å². The molecule has 3 nitrogen and oxygen atoms in total. The van der Waals surface area contributed by atoms with Crippen molar-refractivity contribution < 1.29 is 14.0 Å². The molecule has 0 radical (unpaired) electrons. The van der Waals surface area contributed by atoms with E-state index in [2.05, 4.69) is 40.8 Å². The number of rotatable bonds is 3. The second kappa shape index (κ2) is 5.10. The van der Waals surface area contributed by atoms with Crippen molar-refractivity contribution in [3.8, 4) is 0 Å². The van der Waals surface area contributed by atoms with Gasteiger partial charge in [-0.15, -0.1) is 0 Å². The Labute approximate surface area is 106 Å². The number of esters is 1. The van der Waals surface area contributed by atoms with E-state index in [-0.39, 0.29) is 17.1 Å². The molecule has 0 aromatic rings. The molecule has 0 unspecified atom stereocenters. The summed E-state index contributed by atoms with van der Waals surface area (Å²) in [5.74, 6) is 0.344.